The molecule has 2 amide bonds. The summed E-state index contributed by atoms with van der Waals surface area (Å²) >= 11 is 0. The number of ether oxygens (including phenoxy) is 2. The van der Waals surface area contributed by atoms with E-state index in [2.05, 4.69) is 20.4 Å². The van der Waals surface area contributed by atoms with Crippen LogP contribution in [0, 0.1) is 0 Å². The fraction of sp³-hybridized carbons (Fsp3) is 0.194. The number of hydrogen-bond acceptors (Lipinski definition) is 8. The van der Waals surface area contributed by atoms with Crippen molar-refractivity contribution in [3.63, 3.8) is 0 Å². The van der Waals surface area contributed by atoms with Crippen LogP contribution >= 0.6 is 0 Å². The number of rotatable bonds is 1. The number of nitrogens with one attached hydrogen (secondary N) is 1. The van der Waals surface area contributed by atoms with Gasteiger partial charge >= 0.3 is 0 Å². The number of pyridine rings is 2. The minimum absolute atomic E-state index is 0.165. The first-order valence-corrected chi connectivity index (χ1v) is 13.4. The number of fused-ring (bicyclic) bond motifs is 7. The SMILES string of the molecule is O=C1NCCCOc2cccc(c2)C2c3ccc(cc3CCN2C(=O)c2onc3ncccc23)Oc2cncc1c2. The predicted octanol–water partition coefficient (Wildman–Crippen LogP) is 4.71. The zero-order chi connectivity index (χ0) is 27.8. The summed E-state index contributed by atoms with van der Waals surface area (Å²) in [6.07, 6.45) is 5.93. The monoisotopic (exact) mass is 547 g/mol. The lowest BCUT2D eigenvalue weighted by molar-refractivity contribution is 0.0654. The average molecular weight is 548 g/mol. The van der Waals surface area contributed by atoms with Gasteiger partial charge in [0, 0.05) is 25.5 Å². The van der Waals surface area contributed by atoms with Crippen molar-refractivity contribution in [3.05, 3.63) is 107 Å². The minimum Gasteiger partial charge on any atom is -0.494 e. The Kier molecular flexibility index (Phi) is 6.27. The van der Waals surface area contributed by atoms with Gasteiger partial charge in [-0.1, -0.05) is 23.4 Å². The Bertz CT molecular complexity index is 1780. The molecule has 1 N–H and O–H groups in total. The third-order valence-electron chi connectivity index (χ3n) is 7.31. The van der Waals surface area contributed by atoms with Crippen LogP contribution in [0.25, 0.3) is 11.0 Å². The van der Waals surface area contributed by atoms with Crippen molar-refractivity contribution in [2.75, 3.05) is 19.7 Å². The van der Waals surface area contributed by atoms with Crippen LogP contribution in [0.4, 0.5) is 0 Å². The molecule has 6 heterocycles. The van der Waals surface area contributed by atoms with Gasteiger partial charge in [0.2, 0.25) is 11.4 Å². The zero-order valence-corrected chi connectivity index (χ0v) is 21.9. The highest BCUT2D eigenvalue weighted by atomic mass is 16.5. The maximum absolute atomic E-state index is 14.0. The number of carbonyl (C=O) groups is 2. The van der Waals surface area contributed by atoms with Crippen molar-refractivity contribution < 1.29 is 23.6 Å². The zero-order valence-electron chi connectivity index (χ0n) is 21.9. The van der Waals surface area contributed by atoms with Crippen LogP contribution in [0.1, 0.15) is 50.1 Å². The fourth-order valence-corrected chi connectivity index (χ4v) is 5.39. The number of carbonyl (C=O) groups excluding carboxylic acids is 2. The number of nitrogens with zero attached hydrogens (tertiary/aromatic N) is 4. The first-order valence-electron chi connectivity index (χ1n) is 13.4. The summed E-state index contributed by atoms with van der Waals surface area (Å²) in [4.78, 5) is 36.8. The Morgan fingerprint density at radius 2 is 1.95 bits per heavy atom. The Hall–Kier alpha value is -5.25. The van der Waals surface area contributed by atoms with Crippen molar-refractivity contribution in [2.45, 2.75) is 18.9 Å². The maximum atomic E-state index is 14.0. The molecule has 8 bridgehead atoms. The third kappa shape index (κ3) is 4.73. The third-order valence-corrected chi connectivity index (χ3v) is 7.31. The number of aromatic nitrogens is 3. The van der Waals surface area contributed by atoms with Gasteiger partial charge in [0.05, 0.1) is 29.8 Å². The summed E-state index contributed by atoms with van der Waals surface area (Å²) in [7, 11) is 0. The van der Waals surface area contributed by atoms with Gasteiger partial charge in [0.25, 0.3) is 11.8 Å². The molecule has 204 valence electrons. The van der Waals surface area contributed by atoms with E-state index in [4.69, 9.17) is 14.0 Å². The van der Waals surface area contributed by atoms with Crippen molar-refractivity contribution in [1.82, 2.24) is 25.3 Å². The second-order valence-corrected chi connectivity index (χ2v) is 9.94. The molecular weight excluding hydrogens is 522 g/mol. The molecule has 0 spiro atoms. The summed E-state index contributed by atoms with van der Waals surface area (Å²) in [6.45, 7) is 1.30. The molecule has 0 saturated carbocycles. The molecule has 0 radical (unpaired) electrons. The van der Waals surface area contributed by atoms with Crippen molar-refractivity contribution >= 4 is 22.8 Å². The van der Waals surface area contributed by atoms with E-state index in [0.717, 1.165) is 16.7 Å². The van der Waals surface area contributed by atoms with Crippen molar-refractivity contribution in [3.8, 4) is 17.2 Å². The number of amides is 2. The van der Waals surface area contributed by atoms with E-state index in [1.165, 1.54) is 6.20 Å². The van der Waals surface area contributed by atoms with E-state index < -0.39 is 6.04 Å². The summed E-state index contributed by atoms with van der Waals surface area (Å²) in [5.41, 5.74) is 3.74. The molecule has 1 unspecified atom stereocenters. The Balaban J connectivity index is 1.32. The normalized spacial score (nSPS) is 16.7. The lowest BCUT2D eigenvalue weighted by Gasteiger charge is -2.37. The van der Waals surface area contributed by atoms with Crippen LogP contribution in [-0.2, 0) is 6.42 Å². The molecule has 10 heteroatoms. The summed E-state index contributed by atoms with van der Waals surface area (Å²) in [5.74, 6) is 1.44. The van der Waals surface area contributed by atoms with Gasteiger partial charge < -0.3 is 24.2 Å². The molecule has 0 fully saturated rings. The molecule has 5 aromatic rings. The van der Waals surface area contributed by atoms with Crippen LogP contribution in [0.2, 0.25) is 0 Å². The molecule has 1 atom stereocenters. The second kappa shape index (κ2) is 10.4. The number of benzene rings is 2. The van der Waals surface area contributed by atoms with E-state index in [1.807, 2.05) is 47.4 Å². The quantitative estimate of drug-likeness (QED) is 0.321. The summed E-state index contributed by atoms with van der Waals surface area (Å²) < 4.78 is 17.7. The highest BCUT2D eigenvalue weighted by molar-refractivity contribution is 6.03. The lowest BCUT2D eigenvalue weighted by Crippen LogP contribution is -2.40. The van der Waals surface area contributed by atoms with Crippen LogP contribution in [-0.4, -0.2) is 51.5 Å². The average Bonchev–Trinajstić information content (AvgIpc) is 3.44. The largest absolute Gasteiger partial charge is 0.494 e. The Morgan fingerprint density at radius 3 is 2.90 bits per heavy atom. The van der Waals surface area contributed by atoms with Gasteiger partial charge in [-0.05, 0) is 72.0 Å². The molecule has 10 nitrogen and oxygen atoms in total. The van der Waals surface area contributed by atoms with Gasteiger partial charge in [0.1, 0.15) is 17.2 Å². The van der Waals surface area contributed by atoms with E-state index in [9.17, 15) is 9.59 Å². The van der Waals surface area contributed by atoms with E-state index in [1.54, 1.807) is 30.6 Å². The first kappa shape index (κ1) is 24.8. The smallest absolute Gasteiger partial charge is 0.293 e. The van der Waals surface area contributed by atoms with Gasteiger partial charge in [-0.15, -0.1) is 0 Å². The van der Waals surface area contributed by atoms with Crippen LogP contribution in [0.15, 0.2) is 83.8 Å². The lowest BCUT2D eigenvalue weighted by atomic mass is 9.87. The highest BCUT2D eigenvalue weighted by Gasteiger charge is 2.35. The van der Waals surface area contributed by atoms with Gasteiger partial charge in [0.15, 0.2) is 0 Å². The molecule has 3 aliphatic rings. The minimum atomic E-state index is -0.399. The highest BCUT2D eigenvalue weighted by Crippen LogP contribution is 2.39. The second-order valence-electron chi connectivity index (χ2n) is 9.94. The molecule has 8 rings (SSSR count). The predicted molar refractivity (Wildman–Crippen MR) is 148 cm³/mol. The standard InChI is InChI=1S/C31H25N5O5/c37-30-21-16-24(18-32-17-21)40-23-7-8-25-19(14-23)9-12-36(31(38)28-26-6-2-10-33-29(26)35-41-28)27(25)20-4-1-5-22(15-20)39-13-3-11-34-30/h1-2,4-8,10,14-18,27H,3,9,11-13H2,(H,34,37). The molecule has 3 aliphatic heterocycles. The first-order chi connectivity index (χ1) is 20.1. The molecule has 0 aliphatic carbocycles. The van der Waals surface area contributed by atoms with Gasteiger partial charge in [-0.25, -0.2) is 4.98 Å². The summed E-state index contributed by atoms with van der Waals surface area (Å²) in [6, 6.07) is 18.4. The maximum Gasteiger partial charge on any atom is 0.293 e. The van der Waals surface area contributed by atoms with Gasteiger partial charge in [-0.3, -0.25) is 14.6 Å². The molecule has 41 heavy (non-hydrogen) atoms. The molecule has 2 aromatic carbocycles. The summed E-state index contributed by atoms with van der Waals surface area (Å²) in [5, 5.41) is 7.47. The molecular formula is C31H25N5O5. The van der Waals surface area contributed by atoms with E-state index in [0.29, 0.717) is 66.4 Å². The Labute approximate surface area is 234 Å². The van der Waals surface area contributed by atoms with Gasteiger partial charge in [-0.2, -0.15) is 0 Å². The van der Waals surface area contributed by atoms with Crippen LogP contribution in [0.5, 0.6) is 17.2 Å². The van der Waals surface area contributed by atoms with Crippen molar-refractivity contribution in [2.24, 2.45) is 0 Å². The van der Waals surface area contributed by atoms with Crippen LogP contribution in [0.3, 0.4) is 0 Å². The molecule has 0 saturated heterocycles. The van der Waals surface area contributed by atoms with Crippen molar-refractivity contribution in [1.29, 1.82) is 0 Å². The molecule has 3 aromatic heterocycles. The fourth-order valence-electron chi connectivity index (χ4n) is 5.39. The number of hydrogen-bond donors (Lipinski definition) is 1. The van der Waals surface area contributed by atoms with E-state index >= 15 is 0 Å². The Morgan fingerprint density at radius 1 is 1.00 bits per heavy atom. The van der Waals surface area contributed by atoms with Crippen LogP contribution < -0.4 is 14.8 Å². The van der Waals surface area contributed by atoms with E-state index in [-0.39, 0.29) is 17.6 Å². The topological polar surface area (TPSA) is 120 Å².